The van der Waals surface area contributed by atoms with Crippen molar-refractivity contribution in [2.45, 2.75) is 32.8 Å². The molecule has 136 valence electrons. The number of carbonyl (C=O) groups excluding carboxylic acids is 3. The predicted molar refractivity (Wildman–Crippen MR) is 95.6 cm³/mol. The summed E-state index contributed by atoms with van der Waals surface area (Å²) < 4.78 is 5.26. The molecule has 1 aliphatic rings. The van der Waals surface area contributed by atoms with Crippen molar-refractivity contribution < 1.29 is 19.1 Å². The van der Waals surface area contributed by atoms with E-state index in [1.807, 2.05) is 0 Å². The van der Waals surface area contributed by atoms with Gasteiger partial charge in [-0.15, -0.1) is 0 Å². The third-order valence-electron chi connectivity index (χ3n) is 4.05. The normalized spacial score (nSPS) is 18.4. The van der Waals surface area contributed by atoms with Crippen LogP contribution in [0.2, 0.25) is 10.0 Å². The lowest BCUT2D eigenvalue weighted by atomic mass is 9.98. The highest BCUT2D eigenvalue weighted by molar-refractivity contribution is 6.35. The first-order chi connectivity index (χ1) is 11.8. The number of halogens is 2. The van der Waals surface area contributed by atoms with Crippen LogP contribution in [0.3, 0.4) is 0 Å². The summed E-state index contributed by atoms with van der Waals surface area (Å²) in [6.45, 7) is 3.92. The maximum Gasteiger partial charge on any atom is 0.311 e. The van der Waals surface area contributed by atoms with Gasteiger partial charge < -0.3 is 15.0 Å². The molecule has 25 heavy (non-hydrogen) atoms. The molecule has 0 radical (unpaired) electrons. The Morgan fingerprint density at radius 3 is 2.72 bits per heavy atom. The van der Waals surface area contributed by atoms with Crippen molar-refractivity contribution in [2.24, 2.45) is 5.92 Å². The molecule has 1 fully saturated rings. The summed E-state index contributed by atoms with van der Waals surface area (Å²) in [4.78, 5) is 37.5. The van der Waals surface area contributed by atoms with Crippen LogP contribution in [-0.2, 0) is 19.1 Å². The van der Waals surface area contributed by atoms with Crippen molar-refractivity contribution in [2.75, 3.05) is 18.4 Å². The number of piperidine rings is 1. The number of esters is 1. The van der Waals surface area contributed by atoms with Gasteiger partial charge in [-0.2, -0.15) is 0 Å². The SMILES string of the molecule is CC(=O)N1CCCC(C(=O)OC(C)C(=O)Nc2cc(Cl)ccc2Cl)C1. The van der Waals surface area contributed by atoms with Gasteiger partial charge in [0.15, 0.2) is 6.10 Å². The fraction of sp³-hybridized carbons (Fsp3) is 0.471. The molecule has 1 heterocycles. The number of ether oxygens (including phenoxy) is 1. The Balaban J connectivity index is 1.93. The minimum atomic E-state index is -0.991. The zero-order valence-electron chi connectivity index (χ0n) is 14.1. The van der Waals surface area contributed by atoms with Crippen molar-refractivity contribution in [1.82, 2.24) is 4.90 Å². The molecule has 1 N–H and O–H groups in total. The molecule has 2 amide bonds. The van der Waals surface area contributed by atoms with Gasteiger partial charge in [0, 0.05) is 25.0 Å². The first-order valence-electron chi connectivity index (χ1n) is 8.00. The molecule has 0 bridgehead atoms. The Labute approximate surface area is 156 Å². The Morgan fingerprint density at radius 1 is 1.32 bits per heavy atom. The second-order valence-corrected chi connectivity index (χ2v) is 6.84. The van der Waals surface area contributed by atoms with E-state index in [4.69, 9.17) is 27.9 Å². The first kappa shape index (κ1) is 19.5. The van der Waals surface area contributed by atoms with E-state index in [2.05, 4.69) is 5.32 Å². The molecule has 1 aromatic rings. The molecular weight excluding hydrogens is 367 g/mol. The smallest absolute Gasteiger partial charge is 0.311 e. The van der Waals surface area contributed by atoms with Gasteiger partial charge in [0.1, 0.15) is 0 Å². The number of rotatable bonds is 4. The van der Waals surface area contributed by atoms with E-state index in [0.717, 1.165) is 6.42 Å². The molecule has 1 saturated heterocycles. The number of hydrogen-bond donors (Lipinski definition) is 1. The van der Waals surface area contributed by atoms with Crippen molar-refractivity contribution in [3.8, 4) is 0 Å². The number of anilines is 1. The van der Waals surface area contributed by atoms with Crippen LogP contribution in [0.1, 0.15) is 26.7 Å². The van der Waals surface area contributed by atoms with Crippen LogP contribution < -0.4 is 5.32 Å². The van der Waals surface area contributed by atoms with Gasteiger partial charge in [-0.1, -0.05) is 23.2 Å². The number of amides is 2. The molecule has 2 unspecified atom stereocenters. The largest absolute Gasteiger partial charge is 0.452 e. The Morgan fingerprint density at radius 2 is 2.04 bits per heavy atom. The van der Waals surface area contributed by atoms with E-state index in [1.54, 1.807) is 17.0 Å². The highest BCUT2D eigenvalue weighted by atomic mass is 35.5. The van der Waals surface area contributed by atoms with E-state index in [0.29, 0.717) is 35.2 Å². The average molecular weight is 387 g/mol. The van der Waals surface area contributed by atoms with E-state index < -0.39 is 23.9 Å². The Bertz CT molecular complexity index is 681. The predicted octanol–water partition coefficient (Wildman–Crippen LogP) is 3.12. The maximum atomic E-state index is 12.3. The molecule has 2 atom stereocenters. The van der Waals surface area contributed by atoms with Gasteiger partial charge in [0.25, 0.3) is 5.91 Å². The minimum Gasteiger partial charge on any atom is -0.452 e. The van der Waals surface area contributed by atoms with E-state index >= 15 is 0 Å². The fourth-order valence-electron chi connectivity index (χ4n) is 2.61. The lowest BCUT2D eigenvalue weighted by Gasteiger charge is -2.31. The van der Waals surface area contributed by atoms with Gasteiger partial charge in [0.05, 0.1) is 16.6 Å². The van der Waals surface area contributed by atoms with Crippen LogP contribution in [0.25, 0.3) is 0 Å². The van der Waals surface area contributed by atoms with Crippen LogP contribution in [0.15, 0.2) is 18.2 Å². The zero-order chi connectivity index (χ0) is 18.6. The highest BCUT2D eigenvalue weighted by Gasteiger charge is 2.30. The fourth-order valence-corrected chi connectivity index (χ4v) is 2.94. The van der Waals surface area contributed by atoms with Crippen LogP contribution in [0.4, 0.5) is 5.69 Å². The van der Waals surface area contributed by atoms with Gasteiger partial charge in [-0.05, 0) is 38.0 Å². The number of likely N-dealkylation sites (tertiary alicyclic amines) is 1. The quantitative estimate of drug-likeness (QED) is 0.806. The van der Waals surface area contributed by atoms with Crippen molar-refractivity contribution in [3.05, 3.63) is 28.2 Å². The molecule has 1 aliphatic heterocycles. The molecular formula is C17H20Cl2N2O4. The van der Waals surface area contributed by atoms with Crippen LogP contribution >= 0.6 is 23.2 Å². The summed E-state index contributed by atoms with van der Waals surface area (Å²) in [7, 11) is 0. The first-order valence-corrected chi connectivity index (χ1v) is 8.75. The number of nitrogens with zero attached hydrogens (tertiary/aromatic N) is 1. The van der Waals surface area contributed by atoms with Gasteiger partial charge in [-0.25, -0.2) is 0 Å². The second-order valence-electron chi connectivity index (χ2n) is 6.00. The number of nitrogens with one attached hydrogen (secondary N) is 1. The molecule has 0 spiro atoms. The van der Waals surface area contributed by atoms with E-state index in [-0.39, 0.29) is 5.91 Å². The van der Waals surface area contributed by atoms with Crippen molar-refractivity contribution in [3.63, 3.8) is 0 Å². The highest BCUT2D eigenvalue weighted by Crippen LogP contribution is 2.26. The van der Waals surface area contributed by atoms with Crippen LogP contribution in [0, 0.1) is 5.92 Å². The summed E-state index contributed by atoms with van der Waals surface area (Å²) in [6, 6.07) is 4.68. The third-order valence-corrected chi connectivity index (χ3v) is 4.61. The standard InChI is InChI=1S/C17H20Cl2N2O4/c1-10(16(23)20-15-8-13(18)5-6-14(15)19)25-17(24)12-4-3-7-21(9-12)11(2)22/h5-6,8,10,12H,3-4,7,9H2,1-2H3,(H,20,23). The number of carbonyl (C=O) groups is 3. The number of benzene rings is 1. The molecule has 0 aromatic heterocycles. The molecule has 6 nitrogen and oxygen atoms in total. The maximum absolute atomic E-state index is 12.3. The summed E-state index contributed by atoms with van der Waals surface area (Å²) in [5.74, 6) is -1.47. The summed E-state index contributed by atoms with van der Waals surface area (Å²) in [6.07, 6.45) is 0.380. The lowest BCUT2D eigenvalue weighted by Crippen LogP contribution is -2.43. The minimum absolute atomic E-state index is 0.0705. The van der Waals surface area contributed by atoms with Crippen LogP contribution in [0.5, 0.6) is 0 Å². The summed E-state index contributed by atoms with van der Waals surface area (Å²) in [5.41, 5.74) is 0.350. The lowest BCUT2D eigenvalue weighted by molar-refractivity contribution is -0.159. The van der Waals surface area contributed by atoms with Crippen molar-refractivity contribution in [1.29, 1.82) is 0 Å². The van der Waals surface area contributed by atoms with E-state index in [9.17, 15) is 14.4 Å². The molecule has 0 saturated carbocycles. The molecule has 0 aliphatic carbocycles. The third kappa shape index (κ3) is 5.34. The molecule has 8 heteroatoms. The van der Waals surface area contributed by atoms with Crippen molar-refractivity contribution >= 4 is 46.7 Å². The summed E-state index contributed by atoms with van der Waals surface area (Å²) >= 11 is 11.9. The second kappa shape index (κ2) is 8.54. The van der Waals surface area contributed by atoms with Gasteiger partial charge in [0.2, 0.25) is 5.91 Å². The molecule has 1 aromatic carbocycles. The average Bonchev–Trinajstić information content (AvgIpc) is 2.58. The van der Waals surface area contributed by atoms with E-state index in [1.165, 1.54) is 19.9 Å². The Hall–Kier alpha value is -1.79. The monoisotopic (exact) mass is 386 g/mol. The number of hydrogen-bond acceptors (Lipinski definition) is 4. The Kier molecular flexibility index (Phi) is 6.67. The zero-order valence-corrected chi connectivity index (χ0v) is 15.6. The van der Waals surface area contributed by atoms with Gasteiger partial charge in [-0.3, -0.25) is 14.4 Å². The summed E-state index contributed by atoms with van der Waals surface area (Å²) in [5, 5.41) is 3.35. The molecule has 2 rings (SSSR count). The van der Waals surface area contributed by atoms with Crippen LogP contribution in [-0.4, -0.2) is 41.9 Å². The van der Waals surface area contributed by atoms with Gasteiger partial charge >= 0.3 is 5.97 Å². The topological polar surface area (TPSA) is 75.7 Å².